The zero-order valence-electron chi connectivity index (χ0n) is 16.4. The van der Waals surface area contributed by atoms with Gasteiger partial charge in [0.1, 0.15) is 6.04 Å². The third kappa shape index (κ3) is 4.14. The summed E-state index contributed by atoms with van der Waals surface area (Å²) in [6.45, 7) is 2.83. The summed E-state index contributed by atoms with van der Waals surface area (Å²) in [6, 6.07) is 9.06. The Morgan fingerprint density at radius 1 is 1.13 bits per heavy atom. The molecule has 0 radical (unpaired) electrons. The van der Waals surface area contributed by atoms with Crippen LogP contribution in [0, 0.1) is 0 Å². The highest BCUT2D eigenvalue weighted by atomic mass is 32.2. The Bertz CT molecular complexity index is 1100. The number of rotatable bonds is 6. The molecular weight excluding hydrogens is 408 g/mol. The minimum atomic E-state index is -3.49. The molecule has 2 aromatic heterocycles. The highest BCUT2D eigenvalue weighted by molar-refractivity contribution is 7.89. The van der Waals surface area contributed by atoms with E-state index >= 15 is 0 Å². The van der Waals surface area contributed by atoms with Crippen LogP contribution in [0.5, 0.6) is 0 Å². The molecule has 4 rings (SSSR count). The SMILES string of the molecule is C[C@@H](NC(=O)c1ccco1)c1nc(-c2ccc(S(=O)(=O)N3CCCCC3)cc2)no1. The number of amides is 1. The van der Waals surface area contributed by atoms with E-state index in [1.54, 1.807) is 43.3 Å². The highest BCUT2D eigenvalue weighted by Crippen LogP contribution is 2.24. The van der Waals surface area contributed by atoms with E-state index in [-0.39, 0.29) is 22.5 Å². The van der Waals surface area contributed by atoms with Crippen molar-refractivity contribution in [3.63, 3.8) is 0 Å². The van der Waals surface area contributed by atoms with Crippen LogP contribution in [-0.2, 0) is 10.0 Å². The molecule has 1 fully saturated rings. The number of nitrogens with zero attached hydrogens (tertiary/aromatic N) is 3. The summed E-state index contributed by atoms with van der Waals surface area (Å²) in [5.74, 6) is 0.340. The van der Waals surface area contributed by atoms with Gasteiger partial charge in [0.2, 0.25) is 21.7 Å². The van der Waals surface area contributed by atoms with Crippen molar-refractivity contribution in [3.8, 4) is 11.4 Å². The number of carbonyl (C=O) groups is 1. The molecule has 9 nitrogen and oxygen atoms in total. The second kappa shape index (κ2) is 8.41. The van der Waals surface area contributed by atoms with Crippen LogP contribution >= 0.6 is 0 Å². The van der Waals surface area contributed by atoms with E-state index in [9.17, 15) is 13.2 Å². The van der Waals surface area contributed by atoms with Crippen molar-refractivity contribution in [3.05, 3.63) is 54.3 Å². The van der Waals surface area contributed by atoms with Crippen molar-refractivity contribution < 1.29 is 22.2 Å². The fraction of sp³-hybridized carbons (Fsp3) is 0.350. The van der Waals surface area contributed by atoms with Crippen LogP contribution in [0.15, 0.2) is 56.5 Å². The molecule has 1 aliphatic heterocycles. The maximum Gasteiger partial charge on any atom is 0.287 e. The van der Waals surface area contributed by atoms with E-state index in [1.165, 1.54) is 10.6 Å². The van der Waals surface area contributed by atoms with Crippen LogP contribution in [0.1, 0.15) is 48.7 Å². The summed E-state index contributed by atoms with van der Waals surface area (Å²) in [5, 5.41) is 6.65. The number of sulfonamides is 1. The van der Waals surface area contributed by atoms with Crippen molar-refractivity contribution >= 4 is 15.9 Å². The highest BCUT2D eigenvalue weighted by Gasteiger charge is 2.26. The number of hydrogen-bond donors (Lipinski definition) is 1. The van der Waals surface area contributed by atoms with Crippen molar-refractivity contribution in [2.24, 2.45) is 0 Å². The molecule has 0 saturated carbocycles. The lowest BCUT2D eigenvalue weighted by atomic mass is 10.2. The molecule has 3 heterocycles. The number of aromatic nitrogens is 2. The maximum absolute atomic E-state index is 12.8. The number of carbonyl (C=O) groups excluding carboxylic acids is 1. The van der Waals surface area contributed by atoms with Gasteiger partial charge >= 0.3 is 0 Å². The molecule has 1 atom stereocenters. The molecule has 0 bridgehead atoms. The van der Waals surface area contributed by atoms with Crippen molar-refractivity contribution in [2.45, 2.75) is 37.1 Å². The number of benzene rings is 1. The lowest BCUT2D eigenvalue weighted by Gasteiger charge is -2.25. The van der Waals surface area contributed by atoms with Gasteiger partial charge in [-0.05, 0) is 56.2 Å². The zero-order valence-corrected chi connectivity index (χ0v) is 17.3. The minimum Gasteiger partial charge on any atom is -0.459 e. The van der Waals surface area contributed by atoms with E-state index in [2.05, 4.69) is 15.5 Å². The normalized spacial score (nSPS) is 16.3. The first-order valence-corrected chi connectivity index (χ1v) is 11.2. The molecule has 10 heteroatoms. The quantitative estimate of drug-likeness (QED) is 0.638. The lowest BCUT2D eigenvalue weighted by molar-refractivity contribution is 0.0904. The largest absolute Gasteiger partial charge is 0.459 e. The second-order valence-corrected chi connectivity index (χ2v) is 9.06. The molecule has 158 valence electrons. The molecule has 0 aliphatic carbocycles. The van der Waals surface area contributed by atoms with Gasteiger partial charge in [0.25, 0.3) is 5.91 Å². The van der Waals surface area contributed by atoms with Gasteiger partial charge in [0, 0.05) is 18.7 Å². The Labute approximate surface area is 174 Å². The average molecular weight is 430 g/mol. The summed E-state index contributed by atoms with van der Waals surface area (Å²) in [6.07, 6.45) is 4.25. The number of nitrogens with one attached hydrogen (secondary N) is 1. The molecule has 0 spiro atoms. The first-order chi connectivity index (χ1) is 14.4. The Morgan fingerprint density at radius 2 is 1.87 bits per heavy atom. The van der Waals surface area contributed by atoms with Gasteiger partial charge in [-0.25, -0.2) is 8.42 Å². The molecule has 3 aromatic rings. The van der Waals surface area contributed by atoms with Gasteiger partial charge in [0.05, 0.1) is 11.2 Å². The van der Waals surface area contributed by atoms with Gasteiger partial charge < -0.3 is 14.3 Å². The van der Waals surface area contributed by atoms with Crippen LogP contribution < -0.4 is 5.32 Å². The fourth-order valence-electron chi connectivity index (χ4n) is 3.30. The molecule has 30 heavy (non-hydrogen) atoms. The fourth-order valence-corrected chi connectivity index (χ4v) is 4.81. The predicted octanol–water partition coefficient (Wildman–Crippen LogP) is 3.00. The van der Waals surface area contributed by atoms with Crippen molar-refractivity contribution in [1.82, 2.24) is 19.8 Å². The van der Waals surface area contributed by atoms with E-state index in [1.807, 2.05) is 0 Å². The zero-order chi connectivity index (χ0) is 21.1. The Kier molecular flexibility index (Phi) is 5.69. The van der Waals surface area contributed by atoms with Crippen LogP contribution in [-0.4, -0.2) is 41.9 Å². The van der Waals surface area contributed by atoms with Gasteiger partial charge in [-0.1, -0.05) is 11.6 Å². The van der Waals surface area contributed by atoms with E-state index in [4.69, 9.17) is 8.94 Å². The van der Waals surface area contributed by atoms with Crippen LogP contribution in [0.25, 0.3) is 11.4 Å². The number of furan rings is 1. The number of piperidine rings is 1. The first-order valence-electron chi connectivity index (χ1n) is 9.74. The van der Waals surface area contributed by atoms with Gasteiger partial charge in [-0.2, -0.15) is 9.29 Å². The predicted molar refractivity (Wildman–Crippen MR) is 107 cm³/mol. The summed E-state index contributed by atoms with van der Waals surface area (Å²) < 4.78 is 37.4. The minimum absolute atomic E-state index is 0.187. The van der Waals surface area contributed by atoms with Crippen LogP contribution in [0.4, 0.5) is 0 Å². The Hall–Kier alpha value is -2.98. The standard InChI is InChI=1S/C20H22N4O5S/c1-14(21-19(25)17-6-5-13-28-17)20-22-18(23-29-20)15-7-9-16(10-8-15)30(26,27)24-11-3-2-4-12-24/h5-10,13-14H,2-4,11-12H2,1H3,(H,21,25)/t14-/m1/s1. The first kappa shape index (κ1) is 20.3. The summed E-state index contributed by atoms with van der Waals surface area (Å²) in [4.78, 5) is 16.6. The Balaban J connectivity index is 1.46. The second-order valence-electron chi connectivity index (χ2n) is 7.12. The molecular formula is C20H22N4O5S. The van der Waals surface area contributed by atoms with Crippen LogP contribution in [0.3, 0.4) is 0 Å². The smallest absolute Gasteiger partial charge is 0.287 e. The van der Waals surface area contributed by atoms with E-state index in [0.29, 0.717) is 24.5 Å². The van der Waals surface area contributed by atoms with E-state index in [0.717, 1.165) is 19.3 Å². The van der Waals surface area contributed by atoms with Gasteiger partial charge in [-0.15, -0.1) is 0 Å². The Morgan fingerprint density at radius 3 is 2.53 bits per heavy atom. The molecule has 1 amide bonds. The van der Waals surface area contributed by atoms with Crippen molar-refractivity contribution in [2.75, 3.05) is 13.1 Å². The lowest BCUT2D eigenvalue weighted by Crippen LogP contribution is -2.35. The van der Waals surface area contributed by atoms with Gasteiger partial charge in [0.15, 0.2) is 5.76 Å². The molecule has 1 saturated heterocycles. The summed E-state index contributed by atoms with van der Waals surface area (Å²) >= 11 is 0. The molecule has 1 aromatic carbocycles. The maximum atomic E-state index is 12.8. The van der Waals surface area contributed by atoms with Crippen molar-refractivity contribution in [1.29, 1.82) is 0 Å². The third-order valence-electron chi connectivity index (χ3n) is 4.97. The summed E-state index contributed by atoms with van der Waals surface area (Å²) in [7, 11) is -3.49. The number of hydrogen-bond acceptors (Lipinski definition) is 7. The van der Waals surface area contributed by atoms with Gasteiger partial charge in [-0.3, -0.25) is 4.79 Å². The molecule has 0 unspecified atom stereocenters. The van der Waals surface area contributed by atoms with Crippen LogP contribution in [0.2, 0.25) is 0 Å². The summed E-state index contributed by atoms with van der Waals surface area (Å²) in [5.41, 5.74) is 0.618. The van der Waals surface area contributed by atoms with E-state index < -0.39 is 16.1 Å². The molecule has 1 N–H and O–H groups in total. The topological polar surface area (TPSA) is 119 Å². The average Bonchev–Trinajstić information content (AvgIpc) is 3.47. The molecule has 1 aliphatic rings. The monoisotopic (exact) mass is 430 g/mol. The third-order valence-corrected chi connectivity index (χ3v) is 6.88.